The maximum absolute atomic E-state index is 13.2. The second-order valence-electron chi connectivity index (χ2n) is 8.44. The Kier molecular flexibility index (Phi) is 9.44. The molecule has 0 saturated carbocycles. The van der Waals surface area contributed by atoms with Gasteiger partial charge in [0.05, 0.1) is 18.2 Å². The SMILES string of the molecule is COc1cc(C=CC(=O)N2CCN(Cc3ccc(F)cc3)C[C@H]2COC(C)=O)c(NC(C)=O)cc1Cl. The van der Waals surface area contributed by atoms with Gasteiger partial charge in [0.25, 0.3) is 0 Å². The largest absolute Gasteiger partial charge is 0.495 e. The van der Waals surface area contributed by atoms with Crippen molar-refractivity contribution in [1.29, 1.82) is 0 Å². The van der Waals surface area contributed by atoms with Crippen molar-refractivity contribution in [1.82, 2.24) is 9.80 Å². The van der Waals surface area contributed by atoms with Gasteiger partial charge >= 0.3 is 5.97 Å². The minimum absolute atomic E-state index is 0.0563. The molecule has 1 atom stereocenters. The third-order valence-corrected chi connectivity index (χ3v) is 5.98. The Balaban J connectivity index is 1.77. The van der Waals surface area contributed by atoms with Crippen molar-refractivity contribution in [2.24, 2.45) is 0 Å². The first-order valence-electron chi connectivity index (χ1n) is 11.4. The Morgan fingerprint density at radius 3 is 2.53 bits per heavy atom. The maximum Gasteiger partial charge on any atom is 0.302 e. The summed E-state index contributed by atoms with van der Waals surface area (Å²) in [6.07, 6.45) is 2.99. The standard InChI is InChI=1S/C26H29ClFN3O5/c1-17(32)29-24-13-23(27)25(35-3)12-20(24)6-9-26(34)31-11-10-30(15-22(31)16-36-18(2)33)14-19-4-7-21(28)8-5-19/h4-9,12-13,22H,10-11,14-16H2,1-3H3,(H,29,32)/t22-/m0/s1. The summed E-state index contributed by atoms with van der Waals surface area (Å²) < 4.78 is 23.7. The lowest BCUT2D eigenvalue weighted by Gasteiger charge is -2.40. The first-order valence-corrected chi connectivity index (χ1v) is 11.8. The van der Waals surface area contributed by atoms with Crippen molar-refractivity contribution in [3.8, 4) is 5.75 Å². The molecule has 1 aliphatic rings. The van der Waals surface area contributed by atoms with Gasteiger partial charge in [0.15, 0.2) is 0 Å². The summed E-state index contributed by atoms with van der Waals surface area (Å²) in [5.41, 5.74) is 1.94. The molecule has 192 valence electrons. The molecular formula is C26H29ClFN3O5. The number of halogens is 2. The zero-order chi connectivity index (χ0) is 26.2. The monoisotopic (exact) mass is 517 g/mol. The number of carbonyl (C=O) groups is 3. The summed E-state index contributed by atoms with van der Waals surface area (Å²) in [5.74, 6) is -0.873. The van der Waals surface area contributed by atoms with Crippen LogP contribution in [0.5, 0.6) is 5.75 Å². The van der Waals surface area contributed by atoms with Crippen LogP contribution in [0.25, 0.3) is 6.08 Å². The Hall–Kier alpha value is -3.43. The molecule has 8 nitrogen and oxygen atoms in total. The van der Waals surface area contributed by atoms with Crippen molar-refractivity contribution in [2.75, 3.05) is 38.7 Å². The maximum atomic E-state index is 13.2. The third kappa shape index (κ3) is 7.53. The molecule has 1 N–H and O–H groups in total. The van der Waals surface area contributed by atoms with Gasteiger partial charge < -0.3 is 19.7 Å². The number of ether oxygens (including phenoxy) is 2. The second kappa shape index (κ2) is 12.5. The quantitative estimate of drug-likeness (QED) is 0.424. The van der Waals surface area contributed by atoms with Gasteiger partial charge in [-0.3, -0.25) is 19.3 Å². The summed E-state index contributed by atoms with van der Waals surface area (Å²) in [5, 5.41) is 3.02. The van der Waals surface area contributed by atoms with Crippen LogP contribution in [0.2, 0.25) is 5.02 Å². The molecular weight excluding hydrogens is 489 g/mol. The molecule has 1 aliphatic heterocycles. The fraction of sp³-hybridized carbons (Fsp3) is 0.346. The van der Waals surface area contributed by atoms with E-state index in [1.54, 1.807) is 35.2 Å². The van der Waals surface area contributed by atoms with E-state index in [1.165, 1.54) is 39.2 Å². The number of benzene rings is 2. The Morgan fingerprint density at radius 1 is 1.17 bits per heavy atom. The summed E-state index contributed by atoms with van der Waals surface area (Å²) in [6, 6.07) is 9.11. The molecule has 2 amide bonds. The molecule has 3 rings (SSSR count). The predicted octanol–water partition coefficient (Wildman–Crippen LogP) is 3.74. The number of methoxy groups -OCH3 is 1. The molecule has 0 unspecified atom stereocenters. The second-order valence-corrected chi connectivity index (χ2v) is 8.85. The highest BCUT2D eigenvalue weighted by atomic mass is 35.5. The van der Waals surface area contributed by atoms with E-state index in [0.717, 1.165) is 5.56 Å². The average Bonchev–Trinajstić information content (AvgIpc) is 2.83. The predicted molar refractivity (Wildman–Crippen MR) is 135 cm³/mol. The van der Waals surface area contributed by atoms with Gasteiger partial charge in [0.1, 0.15) is 18.2 Å². The fourth-order valence-corrected chi connectivity index (χ4v) is 4.22. The van der Waals surface area contributed by atoms with Gasteiger partial charge in [0.2, 0.25) is 11.8 Å². The summed E-state index contributed by atoms with van der Waals surface area (Å²) in [4.78, 5) is 40.0. The topological polar surface area (TPSA) is 88.2 Å². The highest BCUT2D eigenvalue weighted by molar-refractivity contribution is 6.32. The van der Waals surface area contributed by atoms with E-state index in [1.807, 2.05) is 0 Å². The number of nitrogens with one attached hydrogen (secondary N) is 1. The van der Waals surface area contributed by atoms with Crippen molar-refractivity contribution >= 4 is 41.1 Å². The Morgan fingerprint density at radius 2 is 1.89 bits per heavy atom. The van der Waals surface area contributed by atoms with Gasteiger partial charge in [-0.1, -0.05) is 23.7 Å². The first-order chi connectivity index (χ1) is 17.2. The van der Waals surface area contributed by atoms with Crippen LogP contribution in [-0.4, -0.2) is 67.0 Å². The molecule has 1 saturated heterocycles. The van der Waals surface area contributed by atoms with Crippen LogP contribution >= 0.6 is 11.6 Å². The van der Waals surface area contributed by atoms with Gasteiger partial charge in [-0.25, -0.2) is 4.39 Å². The van der Waals surface area contributed by atoms with Crippen LogP contribution in [0, 0.1) is 5.82 Å². The van der Waals surface area contributed by atoms with Crippen LogP contribution in [0.1, 0.15) is 25.0 Å². The van der Waals surface area contributed by atoms with E-state index in [4.69, 9.17) is 21.1 Å². The van der Waals surface area contributed by atoms with Crippen LogP contribution in [0.4, 0.5) is 10.1 Å². The van der Waals surface area contributed by atoms with Gasteiger partial charge in [-0.2, -0.15) is 0 Å². The lowest BCUT2D eigenvalue weighted by Crippen LogP contribution is -2.56. The number of hydrogen-bond donors (Lipinski definition) is 1. The van der Waals surface area contributed by atoms with Crippen molar-refractivity contribution in [2.45, 2.75) is 26.4 Å². The van der Waals surface area contributed by atoms with E-state index >= 15 is 0 Å². The molecule has 0 spiro atoms. The van der Waals surface area contributed by atoms with Gasteiger partial charge in [-0.05, 0) is 35.9 Å². The molecule has 0 aliphatic carbocycles. The number of esters is 1. The number of amides is 2. The highest BCUT2D eigenvalue weighted by Crippen LogP contribution is 2.32. The third-order valence-electron chi connectivity index (χ3n) is 5.69. The average molecular weight is 518 g/mol. The zero-order valence-corrected chi connectivity index (χ0v) is 21.2. The van der Waals surface area contributed by atoms with Crippen LogP contribution in [0.3, 0.4) is 0 Å². The minimum Gasteiger partial charge on any atom is -0.495 e. The Bertz CT molecular complexity index is 1140. The summed E-state index contributed by atoms with van der Waals surface area (Å²) >= 11 is 6.19. The molecule has 36 heavy (non-hydrogen) atoms. The zero-order valence-electron chi connectivity index (χ0n) is 20.4. The van der Waals surface area contributed by atoms with Crippen LogP contribution < -0.4 is 10.1 Å². The number of anilines is 1. The smallest absolute Gasteiger partial charge is 0.302 e. The molecule has 2 aromatic carbocycles. The molecule has 1 heterocycles. The van der Waals surface area contributed by atoms with Crippen molar-refractivity contribution < 1.29 is 28.2 Å². The van der Waals surface area contributed by atoms with Gasteiger partial charge in [-0.15, -0.1) is 0 Å². The number of rotatable bonds is 8. The van der Waals surface area contributed by atoms with E-state index < -0.39 is 5.97 Å². The summed E-state index contributed by atoms with van der Waals surface area (Å²) in [6.45, 7) is 4.83. The number of nitrogens with zero attached hydrogens (tertiary/aromatic N) is 2. The highest BCUT2D eigenvalue weighted by Gasteiger charge is 2.30. The lowest BCUT2D eigenvalue weighted by molar-refractivity contribution is -0.147. The number of piperazine rings is 1. The normalized spacial score (nSPS) is 16.1. The molecule has 0 aromatic heterocycles. The molecule has 0 radical (unpaired) electrons. The molecule has 1 fully saturated rings. The molecule has 10 heteroatoms. The van der Waals surface area contributed by atoms with E-state index in [-0.39, 0.29) is 30.3 Å². The first kappa shape index (κ1) is 27.2. The van der Waals surface area contributed by atoms with Crippen molar-refractivity contribution in [3.63, 3.8) is 0 Å². The van der Waals surface area contributed by atoms with Crippen LogP contribution in [-0.2, 0) is 25.7 Å². The minimum atomic E-state index is -0.429. The van der Waals surface area contributed by atoms with Crippen LogP contribution in [0.15, 0.2) is 42.5 Å². The lowest BCUT2D eigenvalue weighted by atomic mass is 10.1. The Labute approximate surface area is 214 Å². The number of carbonyl (C=O) groups excluding carboxylic acids is 3. The summed E-state index contributed by atoms with van der Waals surface area (Å²) in [7, 11) is 1.48. The van der Waals surface area contributed by atoms with Crippen molar-refractivity contribution in [3.05, 3.63) is 64.4 Å². The fourth-order valence-electron chi connectivity index (χ4n) is 3.98. The number of hydrogen-bond acceptors (Lipinski definition) is 6. The van der Waals surface area contributed by atoms with Gasteiger partial charge in [0, 0.05) is 57.4 Å². The molecule has 0 bridgehead atoms. The van der Waals surface area contributed by atoms with E-state index in [2.05, 4.69) is 10.2 Å². The molecule has 2 aromatic rings. The van der Waals surface area contributed by atoms with E-state index in [9.17, 15) is 18.8 Å². The van der Waals surface area contributed by atoms with E-state index in [0.29, 0.717) is 48.2 Å².